The van der Waals surface area contributed by atoms with Crippen LogP contribution >= 0.6 is 27.5 Å². The fraction of sp³-hybridized carbons (Fsp3) is 0.0909. The summed E-state index contributed by atoms with van der Waals surface area (Å²) in [7, 11) is 0. The Morgan fingerprint density at radius 3 is 2.89 bits per heavy atom. The van der Waals surface area contributed by atoms with Gasteiger partial charge in [0.1, 0.15) is 5.75 Å². The molecule has 0 amide bonds. The lowest BCUT2D eigenvalue weighted by Gasteiger charge is -2.09. The van der Waals surface area contributed by atoms with E-state index in [0.717, 1.165) is 0 Å². The average molecular weight is 345 g/mol. The molecule has 0 aliphatic heterocycles. The topological polar surface area (TPSA) is 78.2 Å². The maximum Gasteiger partial charge on any atom is 0.276 e. The van der Waals surface area contributed by atoms with Crippen molar-refractivity contribution in [2.45, 2.75) is 6.92 Å². The molecule has 0 radical (unpaired) electrons. The van der Waals surface area contributed by atoms with E-state index in [1.54, 1.807) is 13.0 Å². The molecular weight excluding hydrogens is 337 g/mol. The highest BCUT2D eigenvalue weighted by Gasteiger charge is 2.16. The molecule has 2 rings (SSSR count). The predicted molar refractivity (Wildman–Crippen MR) is 72.6 cm³/mol. The Hall–Kier alpha value is -1.73. The maximum atomic E-state index is 10.8. The zero-order chi connectivity index (χ0) is 14.0. The predicted octanol–water partition coefficient (Wildman–Crippen LogP) is 3.90. The SMILES string of the molecule is Cc1c(Oc2nc(Cl)ncc2Br)cccc1[N+](=O)[O-]. The molecule has 0 saturated carbocycles. The Morgan fingerprint density at radius 1 is 1.47 bits per heavy atom. The van der Waals surface area contributed by atoms with Gasteiger partial charge < -0.3 is 4.74 Å². The van der Waals surface area contributed by atoms with Gasteiger partial charge in [-0.15, -0.1) is 0 Å². The summed E-state index contributed by atoms with van der Waals surface area (Å²) in [6, 6.07) is 4.56. The van der Waals surface area contributed by atoms with E-state index in [1.165, 1.54) is 18.3 Å². The molecule has 0 unspecified atom stereocenters. The van der Waals surface area contributed by atoms with Gasteiger partial charge in [-0.05, 0) is 40.5 Å². The number of nitro benzene ring substituents is 1. The van der Waals surface area contributed by atoms with Crippen molar-refractivity contribution >= 4 is 33.2 Å². The van der Waals surface area contributed by atoms with Crippen LogP contribution in [0.25, 0.3) is 0 Å². The molecule has 0 atom stereocenters. The van der Waals surface area contributed by atoms with Gasteiger partial charge in [0, 0.05) is 12.3 Å². The fourth-order valence-corrected chi connectivity index (χ4v) is 1.82. The molecule has 8 heteroatoms. The molecule has 2 aromatic rings. The van der Waals surface area contributed by atoms with Crippen LogP contribution in [0.2, 0.25) is 5.28 Å². The Bertz CT molecular complexity index is 651. The minimum Gasteiger partial charge on any atom is -0.437 e. The van der Waals surface area contributed by atoms with E-state index in [4.69, 9.17) is 16.3 Å². The number of nitro groups is 1. The second-order valence-electron chi connectivity index (χ2n) is 3.55. The Balaban J connectivity index is 2.41. The van der Waals surface area contributed by atoms with Crippen molar-refractivity contribution in [2.24, 2.45) is 0 Å². The number of hydrogen-bond acceptors (Lipinski definition) is 5. The van der Waals surface area contributed by atoms with Crippen molar-refractivity contribution in [3.63, 3.8) is 0 Å². The third-order valence-corrected chi connectivity index (χ3v) is 3.07. The lowest BCUT2D eigenvalue weighted by molar-refractivity contribution is -0.385. The fourth-order valence-electron chi connectivity index (χ4n) is 1.42. The zero-order valence-corrected chi connectivity index (χ0v) is 12.0. The van der Waals surface area contributed by atoms with E-state index in [1.807, 2.05) is 0 Å². The molecule has 0 N–H and O–H groups in total. The molecule has 0 saturated heterocycles. The average Bonchev–Trinajstić information content (AvgIpc) is 2.36. The summed E-state index contributed by atoms with van der Waals surface area (Å²) in [5, 5.41) is 10.9. The van der Waals surface area contributed by atoms with Crippen molar-refractivity contribution in [1.29, 1.82) is 0 Å². The first-order chi connectivity index (χ1) is 8.99. The van der Waals surface area contributed by atoms with E-state index in [2.05, 4.69) is 25.9 Å². The van der Waals surface area contributed by atoms with Crippen molar-refractivity contribution in [2.75, 3.05) is 0 Å². The van der Waals surface area contributed by atoms with Gasteiger partial charge in [-0.25, -0.2) is 4.98 Å². The van der Waals surface area contributed by atoms with E-state index in [-0.39, 0.29) is 16.9 Å². The minimum absolute atomic E-state index is 0.0197. The largest absolute Gasteiger partial charge is 0.437 e. The lowest BCUT2D eigenvalue weighted by Crippen LogP contribution is -1.96. The highest BCUT2D eigenvalue weighted by atomic mass is 79.9. The van der Waals surface area contributed by atoms with Crippen LogP contribution in [0.4, 0.5) is 5.69 Å². The molecule has 98 valence electrons. The first-order valence-corrected chi connectivity index (χ1v) is 6.26. The first kappa shape index (κ1) is 13.7. The molecule has 1 aromatic carbocycles. The van der Waals surface area contributed by atoms with Crippen LogP contribution in [-0.4, -0.2) is 14.9 Å². The Labute approximate surface area is 121 Å². The van der Waals surface area contributed by atoms with Crippen LogP contribution in [0.5, 0.6) is 11.6 Å². The molecule has 0 aliphatic carbocycles. The zero-order valence-electron chi connectivity index (χ0n) is 9.63. The summed E-state index contributed by atoms with van der Waals surface area (Å²) in [6.07, 6.45) is 1.44. The number of benzene rings is 1. The van der Waals surface area contributed by atoms with E-state index in [9.17, 15) is 10.1 Å². The molecule has 0 bridgehead atoms. The van der Waals surface area contributed by atoms with E-state index < -0.39 is 4.92 Å². The van der Waals surface area contributed by atoms with Crippen LogP contribution in [0.15, 0.2) is 28.9 Å². The third kappa shape index (κ3) is 2.99. The Morgan fingerprint density at radius 2 is 2.21 bits per heavy atom. The van der Waals surface area contributed by atoms with Gasteiger partial charge in [0.05, 0.1) is 15.0 Å². The highest BCUT2D eigenvalue weighted by Crippen LogP contribution is 2.33. The minimum atomic E-state index is -0.468. The van der Waals surface area contributed by atoms with E-state index >= 15 is 0 Å². The lowest BCUT2D eigenvalue weighted by atomic mass is 10.2. The normalized spacial score (nSPS) is 10.3. The second-order valence-corrected chi connectivity index (χ2v) is 4.74. The van der Waals surface area contributed by atoms with Gasteiger partial charge in [-0.1, -0.05) is 6.07 Å². The molecule has 0 aliphatic rings. The molecule has 1 heterocycles. The van der Waals surface area contributed by atoms with Crippen molar-refractivity contribution in [1.82, 2.24) is 9.97 Å². The number of nitrogens with zero attached hydrogens (tertiary/aromatic N) is 3. The first-order valence-electron chi connectivity index (χ1n) is 5.09. The number of rotatable bonds is 3. The van der Waals surface area contributed by atoms with Gasteiger partial charge in [-0.2, -0.15) is 4.98 Å². The summed E-state index contributed by atoms with van der Waals surface area (Å²) >= 11 is 8.89. The summed E-state index contributed by atoms with van der Waals surface area (Å²) in [5.41, 5.74) is 0.392. The Kier molecular flexibility index (Phi) is 3.96. The number of ether oxygens (including phenoxy) is 1. The van der Waals surface area contributed by atoms with Crippen LogP contribution in [-0.2, 0) is 0 Å². The molecular formula is C11H7BrClN3O3. The number of aromatic nitrogens is 2. The van der Waals surface area contributed by atoms with Crippen LogP contribution in [0, 0.1) is 17.0 Å². The quantitative estimate of drug-likeness (QED) is 0.479. The smallest absolute Gasteiger partial charge is 0.276 e. The van der Waals surface area contributed by atoms with Gasteiger partial charge >= 0.3 is 0 Å². The van der Waals surface area contributed by atoms with Gasteiger partial charge in [0.25, 0.3) is 5.69 Å². The van der Waals surface area contributed by atoms with Crippen LogP contribution < -0.4 is 4.74 Å². The summed E-state index contributed by atoms with van der Waals surface area (Å²) < 4.78 is 6.03. The summed E-state index contributed by atoms with van der Waals surface area (Å²) in [6.45, 7) is 1.60. The van der Waals surface area contributed by atoms with Crippen molar-refractivity contribution in [3.8, 4) is 11.6 Å². The van der Waals surface area contributed by atoms with Crippen LogP contribution in [0.3, 0.4) is 0 Å². The molecule has 0 fully saturated rings. The van der Waals surface area contributed by atoms with Crippen molar-refractivity contribution in [3.05, 3.63) is 49.8 Å². The van der Waals surface area contributed by atoms with Gasteiger partial charge in [-0.3, -0.25) is 10.1 Å². The van der Waals surface area contributed by atoms with Crippen LogP contribution in [0.1, 0.15) is 5.56 Å². The highest BCUT2D eigenvalue weighted by molar-refractivity contribution is 9.10. The third-order valence-electron chi connectivity index (χ3n) is 2.34. The number of hydrogen-bond donors (Lipinski definition) is 0. The second kappa shape index (κ2) is 5.50. The standard InChI is InChI=1S/C11H7BrClN3O3/c1-6-8(16(17)18)3-2-4-9(6)19-10-7(12)5-14-11(13)15-10/h2-5H,1H3. The van der Waals surface area contributed by atoms with Crippen molar-refractivity contribution < 1.29 is 9.66 Å². The number of halogens is 2. The molecule has 1 aromatic heterocycles. The molecule has 6 nitrogen and oxygen atoms in total. The van der Waals surface area contributed by atoms with E-state index in [0.29, 0.717) is 15.8 Å². The maximum absolute atomic E-state index is 10.8. The summed E-state index contributed by atoms with van der Waals surface area (Å²) in [5.74, 6) is 0.535. The monoisotopic (exact) mass is 343 g/mol. The molecule has 0 spiro atoms. The van der Waals surface area contributed by atoms with Gasteiger partial charge in [0.15, 0.2) is 0 Å². The van der Waals surface area contributed by atoms with Gasteiger partial charge in [0.2, 0.25) is 11.2 Å². The summed E-state index contributed by atoms with van der Waals surface area (Å²) in [4.78, 5) is 18.0. The molecule has 19 heavy (non-hydrogen) atoms.